The van der Waals surface area contributed by atoms with Gasteiger partial charge in [0.1, 0.15) is 0 Å². The van der Waals surface area contributed by atoms with E-state index in [9.17, 15) is 0 Å². The molecule has 0 bridgehead atoms. The van der Waals surface area contributed by atoms with Crippen LogP contribution < -0.4 is 0 Å². The molecule has 0 aliphatic carbocycles. The largest absolute Gasteiger partial charge is 0.237 e. The average Bonchev–Trinajstić information content (AvgIpc) is 2.57. The maximum atomic E-state index is 5.98. The van der Waals surface area contributed by atoms with Gasteiger partial charge in [-0.2, -0.15) is 5.10 Å². The number of aromatic nitrogens is 2. The van der Waals surface area contributed by atoms with Crippen LogP contribution in [-0.2, 0) is 5.88 Å². The van der Waals surface area contributed by atoms with E-state index in [1.165, 1.54) is 5.56 Å². The van der Waals surface area contributed by atoms with Crippen molar-refractivity contribution in [3.63, 3.8) is 0 Å². The van der Waals surface area contributed by atoms with Gasteiger partial charge in [-0.1, -0.05) is 22.0 Å². The summed E-state index contributed by atoms with van der Waals surface area (Å²) in [5.41, 5.74) is 5.57. The van der Waals surface area contributed by atoms with E-state index in [4.69, 9.17) is 11.6 Å². The minimum Gasteiger partial charge on any atom is -0.237 e. The van der Waals surface area contributed by atoms with Crippen molar-refractivity contribution < 1.29 is 0 Å². The highest BCUT2D eigenvalue weighted by Gasteiger charge is 2.12. The van der Waals surface area contributed by atoms with Crippen LogP contribution in [0, 0.1) is 20.8 Å². The molecule has 0 aliphatic heterocycles. The number of alkyl halides is 1. The number of rotatable bonds is 2. The normalized spacial score (nSPS) is 10.9. The highest BCUT2D eigenvalue weighted by Crippen LogP contribution is 2.24. The van der Waals surface area contributed by atoms with Gasteiger partial charge in [0.15, 0.2) is 0 Å². The summed E-state index contributed by atoms with van der Waals surface area (Å²) < 4.78 is 3.00. The topological polar surface area (TPSA) is 17.8 Å². The Kier molecular flexibility index (Phi) is 3.59. The molecule has 0 aliphatic rings. The smallest absolute Gasteiger partial charge is 0.0704 e. The van der Waals surface area contributed by atoms with E-state index in [0.29, 0.717) is 5.88 Å². The number of nitrogens with zero attached hydrogens (tertiary/aromatic N) is 2. The Hall–Kier alpha value is -0.800. The molecule has 0 fully saturated rings. The van der Waals surface area contributed by atoms with Crippen molar-refractivity contribution in [2.24, 2.45) is 0 Å². The third-order valence-electron chi connectivity index (χ3n) is 3.07. The molecule has 0 saturated heterocycles. The van der Waals surface area contributed by atoms with Crippen LogP contribution in [-0.4, -0.2) is 9.78 Å². The molecule has 4 heteroatoms. The second-order valence-electron chi connectivity index (χ2n) is 4.11. The zero-order valence-electron chi connectivity index (χ0n) is 10.1. The van der Waals surface area contributed by atoms with E-state index in [0.717, 1.165) is 27.1 Å². The summed E-state index contributed by atoms with van der Waals surface area (Å²) in [6, 6.07) is 6.08. The molecular formula is C13H14BrClN2. The Balaban J connectivity index is 2.67. The molecule has 0 N–H and O–H groups in total. The summed E-state index contributed by atoms with van der Waals surface area (Å²) in [5, 5.41) is 4.57. The van der Waals surface area contributed by atoms with E-state index in [1.807, 2.05) is 23.7 Å². The minimum atomic E-state index is 0.486. The summed E-state index contributed by atoms with van der Waals surface area (Å²) in [7, 11) is 0. The molecule has 1 aromatic heterocycles. The van der Waals surface area contributed by atoms with E-state index in [-0.39, 0.29) is 0 Å². The van der Waals surface area contributed by atoms with Crippen LogP contribution in [0.1, 0.15) is 22.5 Å². The van der Waals surface area contributed by atoms with Gasteiger partial charge in [0.2, 0.25) is 0 Å². The summed E-state index contributed by atoms with van der Waals surface area (Å²) in [4.78, 5) is 0. The highest BCUT2D eigenvalue weighted by molar-refractivity contribution is 9.10. The maximum Gasteiger partial charge on any atom is 0.0704 e. The molecule has 0 radical (unpaired) electrons. The Morgan fingerprint density at radius 2 is 2.00 bits per heavy atom. The van der Waals surface area contributed by atoms with Crippen molar-refractivity contribution >= 4 is 27.5 Å². The molecule has 2 nitrogen and oxygen atoms in total. The zero-order chi connectivity index (χ0) is 12.6. The van der Waals surface area contributed by atoms with Crippen molar-refractivity contribution in [3.8, 4) is 5.69 Å². The first-order chi connectivity index (χ1) is 8.04. The lowest BCUT2D eigenvalue weighted by molar-refractivity contribution is 0.825. The molecule has 17 heavy (non-hydrogen) atoms. The van der Waals surface area contributed by atoms with Crippen LogP contribution in [0.15, 0.2) is 22.7 Å². The van der Waals surface area contributed by atoms with Gasteiger partial charge in [0.05, 0.1) is 11.4 Å². The van der Waals surface area contributed by atoms with Crippen LogP contribution in [0.25, 0.3) is 5.69 Å². The van der Waals surface area contributed by atoms with Crippen molar-refractivity contribution in [1.29, 1.82) is 0 Å². The second-order valence-corrected chi connectivity index (χ2v) is 5.30. The van der Waals surface area contributed by atoms with Crippen molar-refractivity contribution in [1.82, 2.24) is 9.78 Å². The van der Waals surface area contributed by atoms with Gasteiger partial charge < -0.3 is 0 Å². The zero-order valence-corrected chi connectivity index (χ0v) is 12.4. The first-order valence-corrected chi connectivity index (χ1v) is 6.75. The third kappa shape index (κ3) is 2.26. The summed E-state index contributed by atoms with van der Waals surface area (Å²) >= 11 is 9.47. The summed E-state index contributed by atoms with van der Waals surface area (Å²) in [6.07, 6.45) is 0. The molecule has 2 aromatic rings. The fourth-order valence-electron chi connectivity index (χ4n) is 1.80. The van der Waals surface area contributed by atoms with Gasteiger partial charge in [-0.25, -0.2) is 4.68 Å². The molecule has 1 heterocycles. The highest BCUT2D eigenvalue weighted by atomic mass is 79.9. The van der Waals surface area contributed by atoms with Crippen LogP contribution in [0.4, 0.5) is 0 Å². The van der Waals surface area contributed by atoms with Crippen molar-refractivity contribution in [2.75, 3.05) is 0 Å². The molecule has 0 spiro atoms. The van der Waals surface area contributed by atoms with Gasteiger partial charge in [0, 0.05) is 16.0 Å². The number of halogens is 2. The maximum absolute atomic E-state index is 5.98. The van der Waals surface area contributed by atoms with E-state index < -0.39 is 0 Å². The third-order valence-corrected chi connectivity index (χ3v) is 3.85. The van der Waals surface area contributed by atoms with Crippen LogP contribution in [0.5, 0.6) is 0 Å². The van der Waals surface area contributed by atoms with E-state index in [1.54, 1.807) is 0 Å². The molecule has 1 aromatic carbocycles. The lowest BCUT2D eigenvalue weighted by Crippen LogP contribution is -2.03. The number of aryl methyl sites for hydroxylation is 1. The quantitative estimate of drug-likeness (QED) is 0.756. The SMILES string of the molecule is Cc1nn(-c2cc(Br)ccc2CCl)c(C)c1C. The van der Waals surface area contributed by atoms with Crippen LogP contribution in [0.2, 0.25) is 0 Å². The number of benzene rings is 1. The lowest BCUT2D eigenvalue weighted by atomic mass is 10.2. The van der Waals surface area contributed by atoms with Gasteiger partial charge in [0.25, 0.3) is 0 Å². The molecular weight excluding hydrogens is 300 g/mol. The van der Waals surface area contributed by atoms with Gasteiger partial charge in [-0.05, 0) is 44.0 Å². The molecule has 0 amide bonds. The van der Waals surface area contributed by atoms with Crippen LogP contribution in [0.3, 0.4) is 0 Å². The van der Waals surface area contributed by atoms with Gasteiger partial charge >= 0.3 is 0 Å². The molecule has 0 saturated carbocycles. The predicted octanol–water partition coefficient (Wildman–Crippen LogP) is 4.30. The average molecular weight is 314 g/mol. The Bertz CT molecular complexity index is 561. The second kappa shape index (κ2) is 4.83. The Morgan fingerprint density at radius 3 is 2.53 bits per heavy atom. The molecule has 90 valence electrons. The number of hydrogen-bond donors (Lipinski definition) is 0. The fourth-order valence-corrected chi connectivity index (χ4v) is 2.38. The van der Waals surface area contributed by atoms with Gasteiger partial charge in [-0.3, -0.25) is 0 Å². The van der Waals surface area contributed by atoms with Crippen LogP contribution >= 0.6 is 27.5 Å². The van der Waals surface area contributed by atoms with Crippen molar-refractivity contribution in [2.45, 2.75) is 26.7 Å². The molecule has 2 rings (SSSR count). The Labute approximate surface area is 115 Å². The number of hydrogen-bond acceptors (Lipinski definition) is 1. The lowest BCUT2D eigenvalue weighted by Gasteiger charge is -2.10. The molecule has 0 atom stereocenters. The van der Waals surface area contributed by atoms with E-state index in [2.05, 4.69) is 40.9 Å². The molecule has 0 unspecified atom stereocenters. The minimum absolute atomic E-state index is 0.486. The van der Waals surface area contributed by atoms with Gasteiger partial charge in [-0.15, -0.1) is 11.6 Å². The first-order valence-electron chi connectivity index (χ1n) is 5.42. The predicted molar refractivity (Wildman–Crippen MR) is 75.0 cm³/mol. The van der Waals surface area contributed by atoms with E-state index >= 15 is 0 Å². The first kappa shape index (κ1) is 12.7. The standard InChI is InChI=1S/C13H14BrClN2/c1-8-9(2)16-17(10(8)3)13-6-12(14)5-4-11(13)7-15/h4-6H,7H2,1-3H3. The summed E-state index contributed by atoms with van der Waals surface area (Å²) in [5.74, 6) is 0.486. The Morgan fingerprint density at radius 1 is 1.29 bits per heavy atom. The van der Waals surface area contributed by atoms with Crippen molar-refractivity contribution in [3.05, 3.63) is 45.2 Å². The fraction of sp³-hybridized carbons (Fsp3) is 0.308. The monoisotopic (exact) mass is 312 g/mol. The summed E-state index contributed by atoms with van der Waals surface area (Å²) in [6.45, 7) is 6.19.